The zero-order valence-corrected chi connectivity index (χ0v) is 9.60. The maximum Gasteiger partial charge on any atom is 0.0933 e. The van der Waals surface area contributed by atoms with Gasteiger partial charge in [0.1, 0.15) is 0 Å². The molecule has 0 aliphatic carbocycles. The average molecular weight is 216 g/mol. The third-order valence-corrected chi connectivity index (χ3v) is 2.45. The summed E-state index contributed by atoms with van der Waals surface area (Å²) in [5, 5.41) is 4.55. The predicted molar refractivity (Wildman–Crippen MR) is 66.7 cm³/mol. The van der Waals surface area contributed by atoms with Crippen molar-refractivity contribution in [3.8, 4) is 0 Å². The topological polar surface area (TPSA) is 34.1 Å². The van der Waals surface area contributed by atoms with E-state index in [-0.39, 0.29) is 6.04 Å². The van der Waals surface area contributed by atoms with Crippen LogP contribution in [0, 0.1) is 0 Å². The van der Waals surface area contributed by atoms with E-state index < -0.39 is 0 Å². The molecule has 0 fully saturated rings. The van der Waals surface area contributed by atoms with Crippen LogP contribution in [-0.2, 0) is 4.74 Å². The number of hydrogen-bond donors (Lipinski definition) is 1. The Morgan fingerprint density at radius 2 is 2.12 bits per heavy atom. The van der Waals surface area contributed by atoms with Crippen molar-refractivity contribution < 1.29 is 4.74 Å². The van der Waals surface area contributed by atoms with Crippen LogP contribution in [0.4, 0.5) is 5.69 Å². The number of rotatable bonds is 4. The second kappa shape index (κ2) is 4.94. The summed E-state index contributed by atoms with van der Waals surface area (Å²) < 4.78 is 5.10. The Kier molecular flexibility index (Phi) is 3.37. The largest absolute Gasteiger partial charge is 0.383 e. The number of nitrogens with zero attached hydrogens (tertiary/aromatic N) is 1. The molecule has 1 aromatic carbocycles. The predicted octanol–water partition coefficient (Wildman–Crippen LogP) is 2.68. The molecule has 1 atom stereocenters. The fourth-order valence-corrected chi connectivity index (χ4v) is 1.78. The Labute approximate surface area is 95.5 Å². The molecule has 1 N–H and O–H groups in total. The molecule has 84 valence electrons. The van der Waals surface area contributed by atoms with E-state index >= 15 is 0 Å². The summed E-state index contributed by atoms with van der Waals surface area (Å²) in [4.78, 5) is 4.39. The molecule has 0 bridgehead atoms. The number of hydrogen-bond acceptors (Lipinski definition) is 3. The van der Waals surface area contributed by atoms with Crippen LogP contribution in [0.15, 0.2) is 36.5 Å². The van der Waals surface area contributed by atoms with Crippen molar-refractivity contribution in [2.75, 3.05) is 19.0 Å². The molecular formula is C13H16N2O. The van der Waals surface area contributed by atoms with Crippen LogP contribution in [0.5, 0.6) is 0 Å². The molecule has 16 heavy (non-hydrogen) atoms. The lowest BCUT2D eigenvalue weighted by Gasteiger charge is -2.15. The molecule has 0 radical (unpaired) electrons. The van der Waals surface area contributed by atoms with E-state index in [1.807, 2.05) is 24.4 Å². The van der Waals surface area contributed by atoms with Gasteiger partial charge in [0, 0.05) is 24.7 Å². The van der Waals surface area contributed by atoms with E-state index in [4.69, 9.17) is 4.74 Å². The maximum absolute atomic E-state index is 5.10. The van der Waals surface area contributed by atoms with Gasteiger partial charge >= 0.3 is 0 Å². The van der Waals surface area contributed by atoms with Crippen molar-refractivity contribution >= 4 is 16.6 Å². The van der Waals surface area contributed by atoms with E-state index in [2.05, 4.69) is 29.4 Å². The Balaban J connectivity index is 2.30. The summed E-state index contributed by atoms with van der Waals surface area (Å²) in [6, 6.07) is 10.4. The summed E-state index contributed by atoms with van der Waals surface area (Å²) in [5.74, 6) is 0. The molecule has 0 aliphatic heterocycles. The normalized spacial score (nSPS) is 12.6. The van der Waals surface area contributed by atoms with E-state index in [0.29, 0.717) is 6.61 Å². The zero-order valence-electron chi connectivity index (χ0n) is 9.60. The van der Waals surface area contributed by atoms with Gasteiger partial charge in [-0.25, -0.2) is 0 Å². The number of anilines is 1. The quantitative estimate of drug-likeness (QED) is 0.853. The molecule has 0 spiro atoms. The highest BCUT2D eigenvalue weighted by Gasteiger charge is 2.05. The van der Waals surface area contributed by atoms with Crippen molar-refractivity contribution in [3.63, 3.8) is 0 Å². The number of nitrogens with one attached hydrogen (secondary N) is 1. The molecule has 3 heteroatoms. The Morgan fingerprint density at radius 1 is 1.31 bits per heavy atom. The molecular weight excluding hydrogens is 200 g/mol. The summed E-state index contributed by atoms with van der Waals surface area (Å²) in [6.45, 7) is 2.77. The minimum absolute atomic E-state index is 0.276. The third kappa shape index (κ3) is 2.31. The van der Waals surface area contributed by atoms with E-state index in [1.165, 1.54) is 0 Å². The number of aromatic nitrogens is 1. The van der Waals surface area contributed by atoms with Gasteiger partial charge in [0.15, 0.2) is 0 Å². The highest BCUT2D eigenvalue weighted by molar-refractivity contribution is 5.90. The number of para-hydroxylation sites is 1. The molecule has 1 aromatic heterocycles. The lowest BCUT2D eigenvalue weighted by molar-refractivity contribution is 0.190. The fourth-order valence-electron chi connectivity index (χ4n) is 1.78. The molecule has 0 amide bonds. The lowest BCUT2D eigenvalue weighted by atomic mass is 10.2. The van der Waals surface area contributed by atoms with Crippen molar-refractivity contribution in [1.29, 1.82) is 0 Å². The van der Waals surface area contributed by atoms with Gasteiger partial charge in [-0.15, -0.1) is 0 Å². The van der Waals surface area contributed by atoms with Crippen LogP contribution in [0.3, 0.4) is 0 Å². The lowest BCUT2D eigenvalue weighted by Crippen LogP contribution is -2.20. The molecule has 1 heterocycles. The van der Waals surface area contributed by atoms with Gasteiger partial charge in [-0.2, -0.15) is 0 Å². The Bertz CT molecular complexity index is 465. The summed E-state index contributed by atoms with van der Waals surface area (Å²) in [5.41, 5.74) is 2.07. The molecule has 2 aromatic rings. The van der Waals surface area contributed by atoms with Gasteiger partial charge in [0.2, 0.25) is 0 Å². The minimum atomic E-state index is 0.276. The smallest absolute Gasteiger partial charge is 0.0933 e. The summed E-state index contributed by atoms with van der Waals surface area (Å²) in [6.07, 6.45) is 1.81. The van der Waals surface area contributed by atoms with Gasteiger partial charge < -0.3 is 10.1 Å². The molecule has 0 saturated carbocycles. The number of pyridine rings is 1. The highest BCUT2D eigenvalue weighted by Crippen LogP contribution is 2.21. The van der Waals surface area contributed by atoms with Crippen LogP contribution in [0.1, 0.15) is 6.92 Å². The fraction of sp³-hybridized carbons (Fsp3) is 0.308. The zero-order chi connectivity index (χ0) is 11.4. The van der Waals surface area contributed by atoms with Crippen LogP contribution in [0.2, 0.25) is 0 Å². The van der Waals surface area contributed by atoms with Gasteiger partial charge in [-0.1, -0.05) is 18.2 Å². The first-order valence-corrected chi connectivity index (χ1v) is 5.40. The second-order valence-electron chi connectivity index (χ2n) is 3.88. The average Bonchev–Trinajstić information content (AvgIpc) is 2.30. The van der Waals surface area contributed by atoms with Gasteiger partial charge in [-0.3, -0.25) is 4.98 Å². The first-order chi connectivity index (χ1) is 7.81. The highest BCUT2D eigenvalue weighted by atomic mass is 16.5. The van der Waals surface area contributed by atoms with Gasteiger partial charge in [-0.05, 0) is 19.1 Å². The molecule has 0 aliphatic rings. The second-order valence-corrected chi connectivity index (χ2v) is 3.88. The standard InChI is InChI=1S/C13H16N2O/c1-10(9-16-2)15-12-7-3-5-11-6-4-8-14-13(11)12/h3-8,10,15H,9H2,1-2H3. The minimum Gasteiger partial charge on any atom is -0.383 e. The Hall–Kier alpha value is -1.61. The number of methoxy groups -OCH3 is 1. The molecule has 2 rings (SSSR count). The van der Waals surface area contributed by atoms with E-state index in [0.717, 1.165) is 16.6 Å². The molecule has 0 saturated heterocycles. The summed E-state index contributed by atoms with van der Waals surface area (Å²) in [7, 11) is 1.71. The van der Waals surface area contributed by atoms with E-state index in [1.54, 1.807) is 7.11 Å². The first-order valence-electron chi connectivity index (χ1n) is 5.40. The number of ether oxygens (including phenoxy) is 1. The SMILES string of the molecule is COCC(C)Nc1cccc2cccnc12. The Morgan fingerprint density at radius 3 is 2.94 bits per heavy atom. The number of benzene rings is 1. The van der Waals surface area contributed by atoms with Crippen molar-refractivity contribution in [1.82, 2.24) is 4.98 Å². The molecule has 3 nitrogen and oxygen atoms in total. The first kappa shape index (κ1) is 10.9. The van der Waals surface area contributed by atoms with Gasteiger partial charge in [0.25, 0.3) is 0 Å². The van der Waals surface area contributed by atoms with Gasteiger partial charge in [0.05, 0.1) is 17.8 Å². The van der Waals surface area contributed by atoms with E-state index in [9.17, 15) is 0 Å². The van der Waals surface area contributed by atoms with Crippen molar-refractivity contribution in [2.24, 2.45) is 0 Å². The van der Waals surface area contributed by atoms with Crippen LogP contribution in [-0.4, -0.2) is 24.7 Å². The van der Waals surface area contributed by atoms with Crippen molar-refractivity contribution in [2.45, 2.75) is 13.0 Å². The third-order valence-electron chi connectivity index (χ3n) is 2.45. The molecule has 1 unspecified atom stereocenters. The van der Waals surface area contributed by atoms with Crippen LogP contribution in [0.25, 0.3) is 10.9 Å². The monoisotopic (exact) mass is 216 g/mol. The van der Waals surface area contributed by atoms with Crippen LogP contribution < -0.4 is 5.32 Å². The van der Waals surface area contributed by atoms with Crippen LogP contribution >= 0.6 is 0 Å². The summed E-state index contributed by atoms with van der Waals surface area (Å²) >= 11 is 0. The maximum atomic E-state index is 5.10. The number of fused-ring (bicyclic) bond motifs is 1. The van der Waals surface area contributed by atoms with Crippen molar-refractivity contribution in [3.05, 3.63) is 36.5 Å².